The second kappa shape index (κ2) is 5.74. The first kappa shape index (κ1) is 16.2. The van der Waals surface area contributed by atoms with Crippen LogP contribution >= 0.6 is 0 Å². The third kappa shape index (κ3) is 3.02. The Morgan fingerprint density at radius 2 is 1.83 bits per heavy atom. The van der Waals surface area contributed by atoms with Crippen molar-refractivity contribution in [3.63, 3.8) is 0 Å². The predicted molar refractivity (Wildman–Crippen MR) is 88.5 cm³/mol. The summed E-state index contributed by atoms with van der Waals surface area (Å²) in [6.45, 7) is 5.41. The molecule has 24 heavy (non-hydrogen) atoms. The molecule has 0 aromatic heterocycles. The molecule has 0 fully saturated rings. The third-order valence-corrected chi connectivity index (χ3v) is 4.09. The fraction of sp³-hybridized carbons (Fsp3) is 0.263. The molecule has 5 heteroatoms. The second-order valence-corrected chi connectivity index (χ2v) is 6.43. The summed E-state index contributed by atoms with van der Waals surface area (Å²) in [5.74, 6) is -1.49. The lowest BCUT2D eigenvalue weighted by atomic mass is 9.89. The van der Waals surface area contributed by atoms with Gasteiger partial charge in [0, 0.05) is 12.1 Å². The van der Waals surface area contributed by atoms with Crippen LogP contribution in [0.25, 0.3) is 0 Å². The quantitative estimate of drug-likeness (QED) is 0.858. The van der Waals surface area contributed by atoms with E-state index in [1.54, 1.807) is 0 Å². The van der Waals surface area contributed by atoms with Crippen molar-refractivity contribution in [2.45, 2.75) is 32.8 Å². The van der Waals surface area contributed by atoms with Gasteiger partial charge in [-0.2, -0.15) is 0 Å². The molecule has 0 bridgehead atoms. The largest absolute Gasteiger partial charge is 0.445 e. The van der Waals surface area contributed by atoms with Gasteiger partial charge in [-0.05, 0) is 67.8 Å². The normalized spacial score (nSPS) is 19.4. The Balaban J connectivity index is 1.88. The highest BCUT2D eigenvalue weighted by molar-refractivity contribution is 6.02. The van der Waals surface area contributed by atoms with Crippen LogP contribution in [0.4, 0.5) is 10.1 Å². The number of nitrogens with one attached hydrogen (secondary N) is 1. The molecule has 0 radical (unpaired) electrons. The topological polar surface area (TPSA) is 55.4 Å². The van der Waals surface area contributed by atoms with Crippen molar-refractivity contribution in [1.82, 2.24) is 0 Å². The Bertz CT molecular complexity index is 826. The molecular formula is C19H18FNO3. The van der Waals surface area contributed by atoms with Crippen molar-refractivity contribution in [3.05, 3.63) is 64.5 Å². The summed E-state index contributed by atoms with van der Waals surface area (Å²) in [6, 6.07) is 9.54. The van der Waals surface area contributed by atoms with Crippen molar-refractivity contribution in [3.8, 4) is 0 Å². The summed E-state index contributed by atoms with van der Waals surface area (Å²) in [4.78, 5) is 24.8. The summed E-state index contributed by atoms with van der Waals surface area (Å²) in [5.41, 5.74) is 2.07. The molecule has 3 rings (SSSR count). The number of esters is 1. The minimum Gasteiger partial charge on any atom is -0.445 e. The van der Waals surface area contributed by atoms with Gasteiger partial charge in [0.15, 0.2) is 5.60 Å². The Morgan fingerprint density at radius 3 is 2.50 bits per heavy atom. The molecule has 0 saturated heterocycles. The van der Waals surface area contributed by atoms with Crippen LogP contribution in [0.5, 0.6) is 0 Å². The van der Waals surface area contributed by atoms with Crippen LogP contribution < -0.4 is 5.32 Å². The maximum absolute atomic E-state index is 13.5. The fourth-order valence-corrected chi connectivity index (χ4v) is 3.00. The number of amides is 1. The minimum atomic E-state index is -1.38. The van der Waals surface area contributed by atoms with Crippen LogP contribution in [-0.2, 0) is 16.0 Å². The lowest BCUT2D eigenvalue weighted by Crippen LogP contribution is -2.49. The Morgan fingerprint density at radius 1 is 1.17 bits per heavy atom. The number of rotatable bonds is 2. The van der Waals surface area contributed by atoms with E-state index in [0.29, 0.717) is 16.8 Å². The number of hydrogen-bond donors (Lipinski definition) is 1. The van der Waals surface area contributed by atoms with Gasteiger partial charge in [-0.25, -0.2) is 9.18 Å². The van der Waals surface area contributed by atoms with Crippen LogP contribution in [0, 0.1) is 19.7 Å². The maximum atomic E-state index is 13.5. The maximum Gasteiger partial charge on any atom is 0.339 e. The summed E-state index contributed by atoms with van der Waals surface area (Å²) in [6.07, 6.45) is 0.127. The lowest BCUT2D eigenvalue weighted by molar-refractivity contribution is -0.134. The summed E-state index contributed by atoms with van der Waals surface area (Å²) < 4.78 is 18.8. The zero-order chi connectivity index (χ0) is 17.5. The van der Waals surface area contributed by atoms with Crippen molar-refractivity contribution in [1.29, 1.82) is 0 Å². The van der Waals surface area contributed by atoms with Gasteiger partial charge in [-0.15, -0.1) is 0 Å². The first-order valence-electron chi connectivity index (χ1n) is 7.68. The molecule has 124 valence electrons. The number of carbonyl (C=O) groups excluding carboxylic acids is 2. The second-order valence-electron chi connectivity index (χ2n) is 6.43. The average molecular weight is 327 g/mol. The number of benzene rings is 2. The van der Waals surface area contributed by atoms with Crippen molar-refractivity contribution in [2.75, 3.05) is 5.32 Å². The van der Waals surface area contributed by atoms with E-state index in [2.05, 4.69) is 5.32 Å². The van der Waals surface area contributed by atoms with E-state index in [9.17, 15) is 14.0 Å². The molecule has 0 saturated carbocycles. The lowest BCUT2D eigenvalue weighted by Gasteiger charge is -2.33. The van der Waals surface area contributed by atoms with Crippen LogP contribution in [0.2, 0.25) is 0 Å². The Kier molecular flexibility index (Phi) is 3.87. The molecule has 1 amide bonds. The van der Waals surface area contributed by atoms with E-state index in [4.69, 9.17) is 4.74 Å². The average Bonchev–Trinajstić information content (AvgIpc) is 2.45. The van der Waals surface area contributed by atoms with Crippen LogP contribution in [-0.4, -0.2) is 17.5 Å². The van der Waals surface area contributed by atoms with Gasteiger partial charge in [-0.3, -0.25) is 4.79 Å². The fourth-order valence-electron chi connectivity index (χ4n) is 3.00. The van der Waals surface area contributed by atoms with Crippen molar-refractivity contribution in [2.24, 2.45) is 0 Å². The zero-order valence-corrected chi connectivity index (χ0v) is 13.8. The number of cyclic esters (lactones) is 1. The van der Waals surface area contributed by atoms with Crippen molar-refractivity contribution < 1.29 is 18.7 Å². The van der Waals surface area contributed by atoms with E-state index in [1.165, 1.54) is 25.1 Å². The third-order valence-electron chi connectivity index (χ3n) is 4.09. The van der Waals surface area contributed by atoms with Gasteiger partial charge < -0.3 is 10.1 Å². The van der Waals surface area contributed by atoms with E-state index >= 15 is 0 Å². The summed E-state index contributed by atoms with van der Waals surface area (Å²) in [7, 11) is 0. The van der Waals surface area contributed by atoms with E-state index in [0.717, 1.165) is 11.1 Å². The number of carbonyl (C=O) groups is 2. The standard InChI is InChI=1S/C19H18FNO3/c1-11-6-12(2)8-15(7-11)21-18(23)19(3)10-13-9-14(20)4-5-16(13)17(22)24-19/h4-9H,10H2,1-3H3,(H,21,23). The summed E-state index contributed by atoms with van der Waals surface area (Å²) >= 11 is 0. The number of ether oxygens (including phenoxy) is 1. The highest BCUT2D eigenvalue weighted by atomic mass is 19.1. The molecule has 2 aromatic carbocycles. The van der Waals surface area contributed by atoms with E-state index in [1.807, 2.05) is 32.0 Å². The smallest absolute Gasteiger partial charge is 0.339 e. The molecule has 0 aliphatic carbocycles. The van der Waals surface area contributed by atoms with Crippen LogP contribution in [0.3, 0.4) is 0 Å². The molecule has 1 atom stereocenters. The molecule has 1 N–H and O–H groups in total. The molecule has 1 aliphatic heterocycles. The minimum absolute atomic E-state index is 0.127. The summed E-state index contributed by atoms with van der Waals surface area (Å²) in [5, 5.41) is 2.79. The highest BCUT2D eigenvalue weighted by Crippen LogP contribution is 2.30. The van der Waals surface area contributed by atoms with Crippen molar-refractivity contribution >= 4 is 17.6 Å². The van der Waals surface area contributed by atoms with Gasteiger partial charge in [-0.1, -0.05) is 6.07 Å². The monoisotopic (exact) mass is 327 g/mol. The zero-order valence-electron chi connectivity index (χ0n) is 13.8. The van der Waals surface area contributed by atoms with Crippen LogP contribution in [0.15, 0.2) is 36.4 Å². The van der Waals surface area contributed by atoms with Gasteiger partial charge >= 0.3 is 5.97 Å². The Labute approximate surface area is 139 Å². The molecule has 1 heterocycles. The first-order valence-corrected chi connectivity index (χ1v) is 7.68. The first-order chi connectivity index (χ1) is 11.3. The molecule has 1 aliphatic rings. The molecular weight excluding hydrogens is 309 g/mol. The molecule has 2 aromatic rings. The van der Waals surface area contributed by atoms with Gasteiger partial charge in [0.2, 0.25) is 0 Å². The van der Waals surface area contributed by atoms with Gasteiger partial charge in [0.1, 0.15) is 5.82 Å². The van der Waals surface area contributed by atoms with Gasteiger partial charge in [0.05, 0.1) is 5.56 Å². The predicted octanol–water partition coefficient (Wildman–Crippen LogP) is 3.55. The molecule has 0 spiro atoms. The number of aryl methyl sites for hydroxylation is 2. The van der Waals surface area contributed by atoms with E-state index < -0.39 is 23.3 Å². The SMILES string of the molecule is Cc1cc(C)cc(NC(=O)C2(C)Cc3cc(F)ccc3C(=O)O2)c1. The molecule has 4 nitrogen and oxygen atoms in total. The molecule has 1 unspecified atom stereocenters. The van der Waals surface area contributed by atoms with E-state index in [-0.39, 0.29) is 6.42 Å². The number of fused-ring (bicyclic) bond motifs is 1. The number of anilines is 1. The number of hydrogen-bond acceptors (Lipinski definition) is 3. The highest BCUT2D eigenvalue weighted by Gasteiger charge is 2.42. The Hall–Kier alpha value is -2.69. The number of halogens is 1. The van der Waals surface area contributed by atoms with Crippen LogP contribution in [0.1, 0.15) is 34.0 Å². The van der Waals surface area contributed by atoms with Gasteiger partial charge in [0.25, 0.3) is 5.91 Å².